The minimum Gasteiger partial charge on any atom is -0.478 e. The van der Waals surface area contributed by atoms with Crippen molar-refractivity contribution >= 4 is 23.3 Å². The lowest BCUT2D eigenvalue weighted by atomic mass is 10.1. The number of aryl methyl sites for hydroxylation is 1. The average Bonchev–Trinajstić information content (AvgIpc) is 2.38. The number of carboxylic acids is 1. The van der Waals surface area contributed by atoms with Crippen LogP contribution in [0.4, 0.5) is 11.4 Å². The van der Waals surface area contributed by atoms with Crippen LogP contribution in [0.1, 0.15) is 26.3 Å². The lowest BCUT2D eigenvalue weighted by Crippen LogP contribution is -2.12. The Morgan fingerprint density at radius 3 is 2.40 bits per heavy atom. The fourth-order valence-electron chi connectivity index (χ4n) is 1.91. The van der Waals surface area contributed by atoms with Crippen LogP contribution in [0.15, 0.2) is 42.5 Å². The quantitative estimate of drug-likeness (QED) is 0.796. The van der Waals surface area contributed by atoms with E-state index in [2.05, 4.69) is 5.32 Å². The summed E-state index contributed by atoms with van der Waals surface area (Å²) in [6.07, 6.45) is 0. The lowest BCUT2D eigenvalue weighted by Gasteiger charge is -2.09. The molecule has 0 atom stereocenters. The molecule has 20 heavy (non-hydrogen) atoms. The van der Waals surface area contributed by atoms with E-state index in [9.17, 15) is 9.59 Å². The Hall–Kier alpha value is -2.82. The van der Waals surface area contributed by atoms with E-state index in [1.165, 1.54) is 6.07 Å². The number of nitrogens with one attached hydrogen (secondary N) is 1. The van der Waals surface area contributed by atoms with Crippen molar-refractivity contribution in [2.45, 2.75) is 6.92 Å². The maximum Gasteiger partial charge on any atom is 0.335 e. The number of primary amides is 1. The van der Waals surface area contributed by atoms with Gasteiger partial charge in [0, 0.05) is 16.9 Å². The molecule has 0 saturated carbocycles. The number of rotatable bonds is 4. The Bertz CT molecular complexity index is 681. The van der Waals surface area contributed by atoms with E-state index in [0.29, 0.717) is 11.3 Å². The molecule has 0 bridgehead atoms. The Kier molecular flexibility index (Phi) is 3.70. The van der Waals surface area contributed by atoms with Gasteiger partial charge in [-0.05, 0) is 48.9 Å². The molecule has 0 aliphatic heterocycles. The number of hydrogen-bond acceptors (Lipinski definition) is 3. The summed E-state index contributed by atoms with van der Waals surface area (Å²) in [6.45, 7) is 1.79. The van der Waals surface area contributed by atoms with Gasteiger partial charge in [0.2, 0.25) is 5.91 Å². The summed E-state index contributed by atoms with van der Waals surface area (Å²) in [5.74, 6) is -1.45. The van der Waals surface area contributed by atoms with Gasteiger partial charge in [0.1, 0.15) is 0 Å². The molecule has 0 heterocycles. The number of carbonyl (C=O) groups is 2. The predicted molar refractivity (Wildman–Crippen MR) is 76.4 cm³/mol. The number of carboxylic acid groups (broad SMARTS) is 1. The van der Waals surface area contributed by atoms with Gasteiger partial charge in [-0.25, -0.2) is 4.79 Å². The second-order valence-corrected chi connectivity index (χ2v) is 4.40. The first-order valence-electron chi connectivity index (χ1n) is 5.98. The molecule has 2 aromatic carbocycles. The molecule has 5 nitrogen and oxygen atoms in total. The van der Waals surface area contributed by atoms with Crippen LogP contribution in [-0.2, 0) is 0 Å². The highest BCUT2D eigenvalue weighted by Gasteiger charge is 2.06. The minimum absolute atomic E-state index is 0.209. The maximum absolute atomic E-state index is 11.1. The second-order valence-electron chi connectivity index (χ2n) is 4.40. The van der Waals surface area contributed by atoms with Gasteiger partial charge in [0.05, 0.1) is 5.56 Å². The zero-order chi connectivity index (χ0) is 14.7. The summed E-state index contributed by atoms with van der Waals surface area (Å²) in [6, 6.07) is 11.6. The van der Waals surface area contributed by atoms with Crippen LogP contribution < -0.4 is 11.1 Å². The van der Waals surface area contributed by atoms with Crippen LogP contribution in [0.5, 0.6) is 0 Å². The molecular weight excluding hydrogens is 256 g/mol. The fraction of sp³-hybridized carbons (Fsp3) is 0.0667. The first kappa shape index (κ1) is 13.6. The number of carbonyl (C=O) groups excluding carboxylic acids is 1. The smallest absolute Gasteiger partial charge is 0.335 e. The van der Waals surface area contributed by atoms with Crippen molar-refractivity contribution in [3.8, 4) is 0 Å². The zero-order valence-corrected chi connectivity index (χ0v) is 10.9. The van der Waals surface area contributed by atoms with Crippen molar-refractivity contribution < 1.29 is 14.7 Å². The monoisotopic (exact) mass is 270 g/mol. The molecule has 4 N–H and O–H groups in total. The Labute approximate surface area is 116 Å². The molecule has 5 heteroatoms. The van der Waals surface area contributed by atoms with Crippen molar-refractivity contribution in [1.29, 1.82) is 0 Å². The molecule has 0 unspecified atom stereocenters. The third-order valence-electron chi connectivity index (χ3n) is 2.89. The second kappa shape index (κ2) is 5.44. The van der Waals surface area contributed by atoms with E-state index < -0.39 is 11.9 Å². The highest BCUT2D eigenvalue weighted by atomic mass is 16.4. The molecule has 0 aliphatic carbocycles. The van der Waals surface area contributed by atoms with Gasteiger partial charge in [-0.3, -0.25) is 4.79 Å². The number of amides is 1. The fourth-order valence-corrected chi connectivity index (χ4v) is 1.91. The Morgan fingerprint density at radius 2 is 1.80 bits per heavy atom. The SMILES string of the molecule is Cc1cc(Nc2cccc(C(=O)O)c2)ccc1C(N)=O. The van der Waals surface area contributed by atoms with E-state index in [0.717, 1.165) is 11.3 Å². The van der Waals surface area contributed by atoms with Gasteiger partial charge in [0.25, 0.3) is 0 Å². The van der Waals surface area contributed by atoms with Crippen LogP contribution in [-0.4, -0.2) is 17.0 Å². The van der Waals surface area contributed by atoms with Crippen LogP contribution in [0, 0.1) is 6.92 Å². The van der Waals surface area contributed by atoms with Gasteiger partial charge in [-0.1, -0.05) is 6.07 Å². The van der Waals surface area contributed by atoms with Crippen LogP contribution in [0.25, 0.3) is 0 Å². The lowest BCUT2D eigenvalue weighted by molar-refractivity contribution is 0.0696. The Balaban J connectivity index is 2.26. The first-order chi connectivity index (χ1) is 9.47. The number of anilines is 2. The summed E-state index contributed by atoms with van der Waals surface area (Å²) in [5.41, 5.74) is 8.11. The summed E-state index contributed by atoms with van der Waals surface area (Å²) >= 11 is 0. The van der Waals surface area contributed by atoms with Crippen LogP contribution in [0.3, 0.4) is 0 Å². The molecule has 1 amide bonds. The van der Waals surface area contributed by atoms with Gasteiger partial charge < -0.3 is 16.2 Å². The molecule has 0 spiro atoms. The maximum atomic E-state index is 11.1. The number of benzene rings is 2. The molecule has 2 aromatic rings. The van der Waals surface area contributed by atoms with Crippen LogP contribution in [0.2, 0.25) is 0 Å². The summed E-state index contributed by atoms with van der Waals surface area (Å²) in [7, 11) is 0. The highest BCUT2D eigenvalue weighted by Crippen LogP contribution is 2.20. The summed E-state index contributed by atoms with van der Waals surface area (Å²) < 4.78 is 0. The molecule has 0 saturated heterocycles. The molecule has 0 radical (unpaired) electrons. The van der Waals surface area contributed by atoms with Crippen molar-refractivity contribution in [3.63, 3.8) is 0 Å². The summed E-state index contributed by atoms with van der Waals surface area (Å²) in [4.78, 5) is 22.0. The highest BCUT2D eigenvalue weighted by molar-refractivity contribution is 5.95. The van der Waals surface area contributed by atoms with Crippen molar-refractivity contribution in [2.24, 2.45) is 5.73 Å². The van der Waals surface area contributed by atoms with E-state index in [-0.39, 0.29) is 5.56 Å². The van der Waals surface area contributed by atoms with Crippen molar-refractivity contribution in [3.05, 3.63) is 59.2 Å². The zero-order valence-electron chi connectivity index (χ0n) is 10.9. The topological polar surface area (TPSA) is 92.4 Å². The average molecular weight is 270 g/mol. The third kappa shape index (κ3) is 2.95. The van der Waals surface area contributed by atoms with Crippen molar-refractivity contribution in [2.75, 3.05) is 5.32 Å². The molecule has 0 aromatic heterocycles. The van der Waals surface area contributed by atoms with Gasteiger partial charge in [-0.2, -0.15) is 0 Å². The third-order valence-corrected chi connectivity index (χ3v) is 2.89. The van der Waals surface area contributed by atoms with Gasteiger partial charge in [-0.15, -0.1) is 0 Å². The minimum atomic E-state index is -0.978. The van der Waals surface area contributed by atoms with Gasteiger partial charge in [0.15, 0.2) is 0 Å². The largest absolute Gasteiger partial charge is 0.478 e. The predicted octanol–water partition coefficient (Wildman–Crippen LogP) is 2.54. The van der Waals surface area contributed by atoms with Crippen molar-refractivity contribution in [1.82, 2.24) is 0 Å². The van der Waals surface area contributed by atoms with Gasteiger partial charge >= 0.3 is 5.97 Å². The summed E-state index contributed by atoms with van der Waals surface area (Å²) in [5, 5.41) is 12.0. The van der Waals surface area contributed by atoms with E-state index in [1.807, 2.05) is 0 Å². The number of nitrogens with two attached hydrogens (primary N) is 1. The van der Waals surface area contributed by atoms with E-state index in [1.54, 1.807) is 43.3 Å². The molecule has 102 valence electrons. The first-order valence-corrected chi connectivity index (χ1v) is 5.98. The van der Waals surface area contributed by atoms with E-state index in [4.69, 9.17) is 10.8 Å². The molecule has 2 rings (SSSR count). The van der Waals surface area contributed by atoms with Crippen LogP contribution >= 0.6 is 0 Å². The molecular formula is C15H14N2O3. The normalized spacial score (nSPS) is 10.1. The Morgan fingerprint density at radius 1 is 1.10 bits per heavy atom. The number of hydrogen-bond donors (Lipinski definition) is 3. The number of aromatic carboxylic acids is 1. The van der Waals surface area contributed by atoms with E-state index >= 15 is 0 Å². The standard InChI is InChI=1S/C15H14N2O3/c1-9-7-12(5-6-13(9)14(16)18)17-11-4-2-3-10(8-11)15(19)20/h2-8,17H,1H3,(H2,16,18)(H,19,20). The molecule has 0 fully saturated rings. The molecule has 0 aliphatic rings.